The zero-order chi connectivity index (χ0) is 20.1. The molecule has 1 unspecified atom stereocenters. The molecule has 1 N–H and O–H groups in total. The van der Waals surface area contributed by atoms with E-state index in [9.17, 15) is 19.7 Å². The van der Waals surface area contributed by atoms with E-state index in [0.717, 1.165) is 11.6 Å². The maximum Gasteiger partial charge on any atom is 0.338 e. The molecule has 1 atom stereocenters. The summed E-state index contributed by atoms with van der Waals surface area (Å²) >= 11 is 5.95. The molecule has 0 aliphatic carbocycles. The molecule has 8 heteroatoms. The van der Waals surface area contributed by atoms with Crippen LogP contribution in [0.1, 0.15) is 42.6 Å². The SMILES string of the molecule is CC(OC(=O)c1ccc(C(C)C)cc1)C(=O)Nc1cc([N+](=O)[O-])ccc1Cl. The predicted molar refractivity (Wildman–Crippen MR) is 102 cm³/mol. The standard InChI is InChI=1S/C19H19ClN2O5/c1-11(2)13-4-6-14(7-5-13)19(24)27-12(3)18(23)21-17-10-15(22(25)26)8-9-16(17)20/h4-12H,1-3H3,(H,21,23). The number of benzene rings is 2. The van der Waals surface area contributed by atoms with Crippen LogP contribution in [-0.4, -0.2) is 22.9 Å². The van der Waals surface area contributed by atoms with E-state index in [-0.39, 0.29) is 16.4 Å². The summed E-state index contributed by atoms with van der Waals surface area (Å²) in [6.45, 7) is 5.48. The highest BCUT2D eigenvalue weighted by atomic mass is 35.5. The number of hydrogen-bond acceptors (Lipinski definition) is 5. The van der Waals surface area contributed by atoms with Crippen molar-refractivity contribution in [3.05, 3.63) is 68.7 Å². The lowest BCUT2D eigenvalue weighted by Gasteiger charge is -2.14. The van der Waals surface area contributed by atoms with Gasteiger partial charge in [-0.05, 0) is 36.6 Å². The first-order valence-corrected chi connectivity index (χ1v) is 8.62. The second kappa shape index (κ2) is 8.64. The van der Waals surface area contributed by atoms with Crippen molar-refractivity contribution in [3.63, 3.8) is 0 Å². The van der Waals surface area contributed by atoms with E-state index >= 15 is 0 Å². The third-order valence-electron chi connectivity index (χ3n) is 3.88. The van der Waals surface area contributed by atoms with Crippen molar-refractivity contribution in [3.8, 4) is 0 Å². The Morgan fingerprint density at radius 2 is 1.74 bits per heavy atom. The molecule has 0 heterocycles. The highest BCUT2D eigenvalue weighted by Crippen LogP contribution is 2.27. The van der Waals surface area contributed by atoms with Crippen LogP contribution in [0.4, 0.5) is 11.4 Å². The number of halogens is 1. The molecule has 2 aromatic carbocycles. The molecule has 7 nitrogen and oxygen atoms in total. The fraction of sp³-hybridized carbons (Fsp3) is 0.263. The maximum absolute atomic E-state index is 12.2. The van der Waals surface area contributed by atoms with Gasteiger partial charge in [0.1, 0.15) is 0 Å². The van der Waals surface area contributed by atoms with Gasteiger partial charge in [0, 0.05) is 12.1 Å². The average molecular weight is 391 g/mol. The number of carbonyl (C=O) groups is 2. The average Bonchev–Trinajstić information content (AvgIpc) is 2.63. The predicted octanol–water partition coefficient (Wildman–Crippen LogP) is 4.56. The lowest BCUT2D eigenvalue weighted by atomic mass is 10.0. The summed E-state index contributed by atoms with van der Waals surface area (Å²) in [5.74, 6) is -0.956. The van der Waals surface area contributed by atoms with Crippen molar-refractivity contribution in [2.45, 2.75) is 32.8 Å². The van der Waals surface area contributed by atoms with Gasteiger partial charge in [-0.3, -0.25) is 14.9 Å². The number of ether oxygens (including phenoxy) is 1. The summed E-state index contributed by atoms with van der Waals surface area (Å²) in [6, 6.07) is 10.6. The summed E-state index contributed by atoms with van der Waals surface area (Å²) in [5, 5.41) is 13.4. The van der Waals surface area contributed by atoms with E-state index in [0.29, 0.717) is 11.5 Å². The number of non-ortho nitro benzene ring substituents is 1. The largest absolute Gasteiger partial charge is 0.449 e. The molecule has 0 bridgehead atoms. The molecule has 0 aliphatic heterocycles. The van der Waals surface area contributed by atoms with Crippen molar-refractivity contribution in [1.29, 1.82) is 0 Å². The van der Waals surface area contributed by atoms with Crippen molar-refractivity contribution in [2.75, 3.05) is 5.32 Å². The highest BCUT2D eigenvalue weighted by molar-refractivity contribution is 6.33. The molecular weight excluding hydrogens is 372 g/mol. The van der Waals surface area contributed by atoms with Crippen molar-refractivity contribution in [1.82, 2.24) is 0 Å². The highest BCUT2D eigenvalue weighted by Gasteiger charge is 2.21. The lowest BCUT2D eigenvalue weighted by Crippen LogP contribution is -2.30. The number of nitrogens with zero attached hydrogens (tertiary/aromatic N) is 1. The third-order valence-corrected chi connectivity index (χ3v) is 4.21. The van der Waals surface area contributed by atoms with E-state index in [1.807, 2.05) is 26.0 Å². The first-order valence-electron chi connectivity index (χ1n) is 8.24. The molecule has 0 fully saturated rings. The van der Waals surface area contributed by atoms with Crippen LogP contribution in [0.2, 0.25) is 5.02 Å². The molecule has 2 rings (SSSR count). The summed E-state index contributed by atoms with van der Waals surface area (Å²) < 4.78 is 5.16. The van der Waals surface area contributed by atoms with Crippen LogP contribution < -0.4 is 5.32 Å². The van der Waals surface area contributed by atoms with Gasteiger partial charge in [-0.15, -0.1) is 0 Å². The Labute approximate surface area is 161 Å². The van der Waals surface area contributed by atoms with Crippen molar-refractivity contribution in [2.24, 2.45) is 0 Å². The van der Waals surface area contributed by atoms with Crippen molar-refractivity contribution >= 4 is 34.9 Å². The smallest absolute Gasteiger partial charge is 0.338 e. The van der Waals surface area contributed by atoms with Crippen LogP contribution in [0.25, 0.3) is 0 Å². The molecule has 0 saturated heterocycles. The van der Waals surface area contributed by atoms with Crippen LogP contribution in [0.5, 0.6) is 0 Å². The number of esters is 1. The molecule has 1 amide bonds. The summed E-state index contributed by atoms with van der Waals surface area (Å²) in [6.07, 6.45) is -1.11. The zero-order valence-electron chi connectivity index (χ0n) is 15.1. The van der Waals surface area contributed by atoms with Gasteiger partial charge in [0.15, 0.2) is 6.10 Å². The minimum atomic E-state index is -1.11. The number of hydrogen-bond donors (Lipinski definition) is 1. The number of carbonyl (C=O) groups excluding carboxylic acids is 2. The number of nitrogens with one attached hydrogen (secondary N) is 1. The topological polar surface area (TPSA) is 98.5 Å². The third kappa shape index (κ3) is 5.27. The van der Waals surface area contributed by atoms with Gasteiger partial charge in [0.05, 0.1) is 21.2 Å². The normalized spacial score (nSPS) is 11.7. The first-order chi connectivity index (χ1) is 12.7. The zero-order valence-corrected chi connectivity index (χ0v) is 15.8. The molecule has 0 aliphatic rings. The quantitative estimate of drug-likeness (QED) is 0.443. The minimum absolute atomic E-state index is 0.0695. The van der Waals surface area contributed by atoms with Gasteiger partial charge >= 0.3 is 5.97 Å². The second-order valence-corrected chi connectivity index (χ2v) is 6.64. The molecule has 0 saturated carbocycles. The van der Waals surface area contributed by atoms with Gasteiger partial charge < -0.3 is 10.1 Å². The van der Waals surface area contributed by atoms with Gasteiger partial charge in [-0.2, -0.15) is 0 Å². The molecule has 27 heavy (non-hydrogen) atoms. The number of rotatable bonds is 6. The van der Waals surface area contributed by atoms with Crippen LogP contribution in [0.3, 0.4) is 0 Å². The number of nitro groups is 1. The van der Waals surface area contributed by atoms with Crippen LogP contribution in [-0.2, 0) is 9.53 Å². The Morgan fingerprint density at radius 1 is 1.11 bits per heavy atom. The number of anilines is 1. The van der Waals surface area contributed by atoms with E-state index < -0.39 is 22.9 Å². The summed E-state index contributed by atoms with van der Waals surface area (Å²) in [4.78, 5) is 34.7. The van der Waals surface area contributed by atoms with E-state index in [1.54, 1.807) is 12.1 Å². The summed E-state index contributed by atoms with van der Waals surface area (Å²) in [7, 11) is 0. The van der Waals surface area contributed by atoms with Gasteiger partial charge in [-0.25, -0.2) is 4.79 Å². The fourth-order valence-corrected chi connectivity index (χ4v) is 2.41. The Morgan fingerprint density at radius 3 is 2.30 bits per heavy atom. The first kappa shape index (κ1) is 20.4. The van der Waals surface area contributed by atoms with E-state index in [4.69, 9.17) is 16.3 Å². The molecule has 0 spiro atoms. The molecule has 142 valence electrons. The second-order valence-electron chi connectivity index (χ2n) is 6.23. The van der Waals surface area contributed by atoms with Gasteiger partial charge in [0.25, 0.3) is 11.6 Å². The molecule has 0 aromatic heterocycles. The lowest BCUT2D eigenvalue weighted by molar-refractivity contribution is -0.384. The monoisotopic (exact) mass is 390 g/mol. The molecule has 0 radical (unpaired) electrons. The fourth-order valence-electron chi connectivity index (χ4n) is 2.24. The maximum atomic E-state index is 12.2. The number of nitro benzene ring substituents is 1. The summed E-state index contributed by atoms with van der Waals surface area (Å²) in [5.41, 5.74) is 1.26. The van der Waals surface area contributed by atoms with Gasteiger partial charge in [0.2, 0.25) is 0 Å². The minimum Gasteiger partial charge on any atom is -0.449 e. The van der Waals surface area contributed by atoms with Crippen LogP contribution >= 0.6 is 11.6 Å². The van der Waals surface area contributed by atoms with E-state index in [1.165, 1.54) is 19.1 Å². The number of amides is 1. The Bertz CT molecular complexity index is 865. The Kier molecular flexibility index (Phi) is 6.52. The molecule has 2 aromatic rings. The Balaban J connectivity index is 2.04. The van der Waals surface area contributed by atoms with E-state index in [2.05, 4.69) is 5.32 Å². The molecular formula is C19H19ClN2O5. The Hall–Kier alpha value is -2.93. The van der Waals surface area contributed by atoms with Crippen molar-refractivity contribution < 1.29 is 19.2 Å². The van der Waals surface area contributed by atoms with Crippen LogP contribution in [0.15, 0.2) is 42.5 Å². The van der Waals surface area contributed by atoms with Gasteiger partial charge in [-0.1, -0.05) is 37.6 Å². The van der Waals surface area contributed by atoms with Crippen LogP contribution in [0, 0.1) is 10.1 Å².